The van der Waals surface area contributed by atoms with E-state index in [9.17, 15) is 0 Å². The fraction of sp³-hybridized carbons (Fsp3) is 0.500. The lowest BCUT2D eigenvalue weighted by Gasteiger charge is -2.20. The van der Waals surface area contributed by atoms with Crippen molar-refractivity contribution in [1.82, 2.24) is 5.32 Å². The molecule has 2 aromatic rings. The Labute approximate surface area is 199 Å². The van der Waals surface area contributed by atoms with Crippen LogP contribution in [0.15, 0.2) is 34.8 Å². The normalized spacial score (nSPS) is 16.2. The number of rotatable bonds is 7. The van der Waals surface area contributed by atoms with Gasteiger partial charge < -0.3 is 24.3 Å². The maximum absolute atomic E-state index is 6.11. The van der Waals surface area contributed by atoms with Gasteiger partial charge in [0.25, 0.3) is 0 Å². The monoisotopic (exact) mass is 511 g/mol. The second kappa shape index (κ2) is 11.8. The lowest BCUT2D eigenvalue weighted by Crippen LogP contribution is -2.27. The van der Waals surface area contributed by atoms with Gasteiger partial charge in [0.1, 0.15) is 19.8 Å². The van der Waals surface area contributed by atoms with Crippen molar-refractivity contribution in [2.24, 2.45) is 0 Å². The molecule has 5 nitrogen and oxygen atoms in total. The van der Waals surface area contributed by atoms with Gasteiger partial charge in [-0.05, 0) is 64.2 Å². The minimum Gasteiger partial charge on any atom is -0.493 e. The molecule has 1 heterocycles. The minimum atomic E-state index is 0. The van der Waals surface area contributed by atoms with Crippen LogP contribution in [0.1, 0.15) is 49.7 Å². The first kappa shape index (κ1) is 24.0. The van der Waals surface area contributed by atoms with Crippen LogP contribution >= 0.6 is 28.3 Å². The number of ether oxygens (including phenoxy) is 4. The fourth-order valence-corrected chi connectivity index (χ4v) is 4.70. The van der Waals surface area contributed by atoms with E-state index in [1.54, 1.807) is 7.11 Å². The SMILES string of the molecule is COc1cc(CNC2CCCCCC2)cc(Br)c1OCc1ccc2c(c1)OCCO2.Cl. The van der Waals surface area contributed by atoms with Crippen LogP contribution in [-0.2, 0) is 13.2 Å². The van der Waals surface area contributed by atoms with Crippen molar-refractivity contribution in [3.8, 4) is 23.0 Å². The van der Waals surface area contributed by atoms with Gasteiger partial charge in [-0.2, -0.15) is 0 Å². The summed E-state index contributed by atoms with van der Waals surface area (Å²) in [6, 6.07) is 10.7. The fourth-order valence-electron chi connectivity index (χ4n) is 4.09. The van der Waals surface area contributed by atoms with Crippen LogP contribution < -0.4 is 24.3 Å². The van der Waals surface area contributed by atoms with Crippen molar-refractivity contribution < 1.29 is 18.9 Å². The molecular weight excluding hydrogens is 482 g/mol. The summed E-state index contributed by atoms with van der Waals surface area (Å²) >= 11 is 3.67. The van der Waals surface area contributed by atoms with E-state index in [1.165, 1.54) is 44.1 Å². The van der Waals surface area contributed by atoms with Gasteiger partial charge in [-0.3, -0.25) is 0 Å². The molecule has 0 aromatic heterocycles. The van der Waals surface area contributed by atoms with Crippen LogP contribution in [-0.4, -0.2) is 26.4 Å². The molecule has 0 unspecified atom stereocenters. The third-order valence-corrected chi connectivity index (χ3v) is 6.32. The molecule has 1 fully saturated rings. The first-order valence-electron chi connectivity index (χ1n) is 10.8. The smallest absolute Gasteiger partial charge is 0.175 e. The summed E-state index contributed by atoms with van der Waals surface area (Å²) in [6.45, 7) is 2.43. The van der Waals surface area contributed by atoms with Crippen molar-refractivity contribution in [3.05, 3.63) is 45.9 Å². The molecule has 1 aliphatic carbocycles. The number of halogens is 2. The Kier molecular flexibility index (Phi) is 9.17. The van der Waals surface area contributed by atoms with Crippen molar-refractivity contribution in [3.63, 3.8) is 0 Å². The summed E-state index contributed by atoms with van der Waals surface area (Å²) in [5.74, 6) is 3.01. The van der Waals surface area contributed by atoms with Crippen LogP contribution in [0.2, 0.25) is 0 Å². The van der Waals surface area contributed by atoms with E-state index < -0.39 is 0 Å². The molecule has 0 spiro atoms. The topological polar surface area (TPSA) is 49.0 Å². The number of benzene rings is 2. The van der Waals surface area contributed by atoms with Gasteiger partial charge in [0.2, 0.25) is 0 Å². The number of fused-ring (bicyclic) bond motifs is 1. The maximum Gasteiger partial charge on any atom is 0.175 e. The highest BCUT2D eigenvalue weighted by atomic mass is 79.9. The molecule has 0 bridgehead atoms. The van der Waals surface area contributed by atoms with Gasteiger partial charge >= 0.3 is 0 Å². The van der Waals surface area contributed by atoms with Gasteiger partial charge in [-0.25, -0.2) is 0 Å². The van der Waals surface area contributed by atoms with Gasteiger partial charge in [-0.1, -0.05) is 31.7 Å². The molecule has 4 rings (SSSR count). The Bertz CT molecular complexity index is 856. The van der Waals surface area contributed by atoms with Gasteiger partial charge in [0, 0.05) is 12.6 Å². The molecule has 2 aliphatic rings. The van der Waals surface area contributed by atoms with Crippen molar-refractivity contribution >= 4 is 28.3 Å². The molecule has 170 valence electrons. The number of nitrogens with one attached hydrogen (secondary N) is 1. The molecule has 31 heavy (non-hydrogen) atoms. The second-order valence-electron chi connectivity index (χ2n) is 7.95. The van der Waals surface area contributed by atoms with Crippen LogP contribution in [0.4, 0.5) is 0 Å². The largest absolute Gasteiger partial charge is 0.493 e. The summed E-state index contributed by atoms with van der Waals surface area (Å²) in [5, 5.41) is 3.72. The van der Waals surface area contributed by atoms with Crippen LogP contribution in [0.5, 0.6) is 23.0 Å². The molecule has 2 aromatic carbocycles. The zero-order valence-electron chi connectivity index (χ0n) is 18.0. The lowest BCUT2D eigenvalue weighted by molar-refractivity contribution is 0.171. The zero-order valence-corrected chi connectivity index (χ0v) is 20.4. The summed E-state index contributed by atoms with van der Waals surface area (Å²) in [6.07, 6.45) is 7.94. The molecule has 0 radical (unpaired) electrons. The maximum atomic E-state index is 6.11. The van der Waals surface area contributed by atoms with E-state index in [1.807, 2.05) is 18.2 Å². The predicted molar refractivity (Wildman–Crippen MR) is 128 cm³/mol. The molecule has 1 aliphatic heterocycles. The van der Waals surface area contributed by atoms with Gasteiger partial charge in [-0.15, -0.1) is 12.4 Å². The molecular formula is C24H31BrClNO4. The summed E-state index contributed by atoms with van der Waals surface area (Å²) in [7, 11) is 1.68. The Hall–Kier alpha value is -1.63. The van der Waals surface area contributed by atoms with Crippen LogP contribution in [0.25, 0.3) is 0 Å². The predicted octanol–water partition coefficient (Wildman–Crippen LogP) is 6.04. The first-order chi connectivity index (χ1) is 14.7. The van der Waals surface area contributed by atoms with Crippen molar-refractivity contribution in [2.75, 3.05) is 20.3 Å². The molecule has 1 N–H and O–H groups in total. The van der Waals surface area contributed by atoms with E-state index >= 15 is 0 Å². The highest BCUT2D eigenvalue weighted by Gasteiger charge is 2.16. The standard InChI is InChI=1S/C24H30BrNO4.ClH/c1-27-23-14-18(15-26-19-6-4-2-3-5-7-19)12-20(25)24(23)30-16-17-8-9-21-22(13-17)29-11-10-28-21;/h8-9,12-14,19,26H,2-7,10-11,15-16H2,1H3;1H. The number of hydrogen-bond acceptors (Lipinski definition) is 5. The van der Waals surface area contributed by atoms with Gasteiger partial charge in [0.15, 0.2) is 23.0 Å². The van der Waals surface area contributed by atoms with Crippen LogP contribution in [0, 0.1) is 0 Å². The first-order valence-corrected chi connectivity index (χ1v) is 11.6. The van der Waals surface area contributed by atoms with Crippen LogP contribution in [0.3, 0.4) is 0 Å². The Morgan fingerprint density at radius 2 is 1.71 bits per heavy atom. The molecule has 0 atom stereocenters. The van der Waals surface area contributed by atoms with Crippen molar-refractivity contribution in [1.29, 1.82) is 0 Å². The average Bonchev–Trinajstić information content (AvgIpc) is 3.05. The summed E-state index contributed by atoms with van der Waals surface area (Å²) in [4.78, 5) is 0. The van der Waals surface area contributed by atoms with E-state index in [4.69, 9.17) is 18.9 Å². The van der Waals surface area contributed by atoms with E-state index in [0.29, 0.717) is 31.6 Å². The lowest BCUT2D eigenvalue weighted by atomic mass is 10.1. The van der Waals surface area contributed by atoms with E-state index in [-0.39, 0.29) is 12.4 Å². The quantitative estimate of drug-likeness (QED) is 0.458. The molecule has 7 heteroatoms. The summed E-state index contributed by atoms with van der Waals surface area (Å²) in [5.41, 5.74) is 2.21. The number of methoxy groups -OCH3 is 1. The third kappa shape index (κ3) is 6.43. The van der Waals surface area contributed by atoms with Crippen molar-refractivity contribution in [2.45, 2.75) is 57.7 Å². The molecule has 1 saturated carbocycles. The molecule has 0 amide bonds. The summed E-state index contributed by atoms with van der Waals surface area (Å²) < 4.78 is 23.9. The zero-order chi connectivity index (χ0) is 20.8. The van der Waals surface area contributed by atoms with E-state index in [0.717, 1.165) is 33.8 Å². The Balaban J connectivity index is 0.00000272. The molecule has 0 saturated heterocycles. The Morgan fingerprint density at radius 3 is 2.45 bits per heavy atom. The van der Waals surface area contributed by atoms with Gasteiger partial charge in [0.05, 0.1) is 11.6 Å². The minimum absolute atomic E-state index is 0. The number of hydrogen-bond donors (Lipinski definition) is 1. The van der Waals surface area contributed by atoms with E-state index in [2.05, 4.69) is 33.4 Å². The Morgan fingerprint density at radius 1 is 0.968 bits per heavy atom. The highest BCUT2D eigenvalue weighted by molar-refractivity contribution is 9.10. The highest BCUT2D eigenvalue weighted by Crippen LogP contribution is 2.38. The third-order valence-electron chi connectivity index (χ3n) is 5.73. The average molecular weight is 513 g/mol. The second-order valence-corrected chi connectivity index (χ2v) is 8.80.